The maximum atomic E-state index is 16.0. The highest BCUT2D eigenvalue weighted by molar-refractivity contribution is 6.28. The van der Waals surface area contributed by atoms with E-state index in [0.29, 0.717) is 0 Å². The Balaban J connectivity index is 1.99. The number of halogens is 8. The molecule has 0 aliphatic carbocycles. The highest BCUT2D eigenvalue weighted by Crippen LogP contribution is 2.49. The molecule has 0 atom stereocenters. The first kappa shape index (κ1) is 25.6. The normalized spacial score (nSPS) is 12.0. The zero-order chi connectivity index (χ0) is 28.9. The van der Waals surface area contributed by atoms with Crippen LogP contribution in [-0.2, 0) is 0 Å². The molecule has 0 saturated heterocycles. The van der Waals surface area contributed by atoms with Crippen molar-refractivity contribution in [1.29, 1.82) is 0 Å². The third-order valence-corrected chi connectivity index (χ3v) is 6.44. The summed E-state index contributed by atoms with van der Waals surface area (Å²) >= 11 is 0. The van der Waals surface area contributed by atoms with Crippen LogP contribution in [0.5, 0.6) is 0 Å². The van der Waals surface area contributed by atoms with Gasteiger partial charge in [0.25, 0.3) is 0 Å². The molecule has 2 aromatic heterocycles. The molecule has 0 radical (unpaired) electrons. The maximum Gasteiger partial charge on any atom is 0.171 e. The number of rotatable bonds is 2. The smallest absolute Gasteiger partial charge is 0.171 e. The number of aryl methyl sites for hydroxylation is 4. The molecular weight excluding hydrogens is 548 g/mol. The van der Waals surface area contributed by atoms with Gasteiger partial charge in [0, 0.05) is 21.5 Å². The van der Waals surface area contributed by atoms with E-state index in [1.807, 2.05) is 0 Å². The Labute approximate surface area is 218 Å². The number of hydrogen-bond acceptors (Lipinski definition) is 6. The first-order valence-electron chi connectivity index (χ1n) is 11.4. The topological polar surface area (TPSA) is 77.3 Å². The molecule has 0 fully saturated rings. The first-order chi connectivity index (χ1) is 18.8. The van der Waals surface area contributed by atoms with Gasteiger partial charge in [-0.15, -0.1) is 0 Å². The van der Waals surface area contributed by atoms with Crippen molar-refractivity contribution in [3.63, 3.8) is 0 Å². The molecule has 0 aliphatic heterocycles. The quantitative estimate of drug-likeness (QED) is 0.175. The summed E-state index contributed by atoms with van der Waals surface area (Å²) in [5.74, 6) is -17.4. The molecule has 6 rings (SSSR count). The van der Waals surface area contributed by atoms with Crippen LogP contribution in [0.15, 0.2) is 0 Å². The van der Waals surface area contributed by atoms with Crippen molar-refractivity contribution >= 4 is 32.3 Å². The van der Waals surface area contributed by atoms with Crippen molar-refractivity contribution in [2.45, 2.75) is 27.7 Å². The summed E-state index contributed by atoms with van der Waals surface area (Å²) in [6, 6.07) is 0. The second-order valence-corrected chi connectivity index (χ2v) is 9.02. The Kier molecular flexibility index (Phi) is 5.41. The highest BCUT2D eigenvalue weighted by Gasteiger charge is 2.36. The Morgan fingerprint density at radius 1 is 0.300 bits per heavy atom. The lowest BCUT2D eigenvalue weighted by molar-refractivity contribution is 0.487. The Bertz CT molecular complexity index is 1910. The average Bonchev–Trinajstić information content (AvgIpc) is 2.87. The molecule has 0 saturated carbocycles. The summed E-state index contributed by atoms with van der Waals surface area (Å²) in [6.45, 7) is 5.43. The zero-order valence-corrected chi connectivity index (χ0v) is 20.7. The van der Waals surface area contributed by atoms with Crippen molar-refractivity contribution in [2.24, 2.45) is 0 Å². The molecule has 40 heavy (non-hydrogen) atoms. The van der Waals surface area contributed by atoms with Crippen LogP contribution in [0.1, 0.15) is 23.3 Å². The van der Waals surface area contributed by atoms with Crippen LogP contribution in [0.25, 0.3) is 55.1 Å². The minimum atomic E-state index is -2.14. The summed E-state index contributed by atoms with van der Waals surface area (Å²) in [5, 5.41) is -7.06. The van der Waals surface area contributed by atoms with Gasteiger partial charge in [-0.25, -0.2) is 65.0 Å². The average molecular weight is 560 g/mol. The molecule has 0 amide bonds. The molecule has 6 nitrogen and oxygen atoms in total. The summed E-state index contributed by atoms with van der Waals surface area (Å²) in [4.78, 5) is 23.3. The van der Waals surface area contributed by atoms with E-state index in [4.69, 9.17) is 0 Å². The summed E-state index contributed by atoms with van der Waals surface area (Å²) in [5.41, 5.74) is -2.11. The van der Waals surface area contributed by atoms with E-state index in [1.165, 1.54) is 27.7 Å². The van der Waals surface area contributed by atoms with E-state index in [1.54, 1.807) is 0 Å². The molecule has 14 heteroatoms. The van der Waals surface area contributed by atoms with E-state index >= 15 is 35.1 Å². The lowest BCUT2D eigenvalue weighted by atomic mass is 9.87. The SMILES string of the molecule is Cc1nc(C)nc(-c2c(F)c(F)c3c(F)c(F)c4c(F)c(F)c(-c5nc(C)nc(C)n5)c5c(F)c(F)c2c3c45)n1. The standard InChI is InChI=1S/C26H12F8N6/c1-5-35-6(2)38-25(37-5)15-11-9-10-12(18(28)17(11)27)16(26-39-7(3)36-8(4)40-26)24(34)22(32)14(10)20(30)19(29)13(9)21(31)23(15)33/h1-4H3. The van der Waals surface area contributed by atoms with Gasteiger partial charge >= 0.3 is 0 Å². The number of hydrogen-bond donors (Lipinski definition) is 0. The summed E-state index contributed by atoms with van der Waals surface area (Å²) in [6.07, 6.45) is 0. The number of nitrogens with zero attached hydrogens (tertiary/aromatic N) is 6. The largest absolute Gasteiger partial charge is 0.219 e. The highest BCUT2D eigenvalue weighted by atomic mass is 19.2. The minimum absolute atomic E-state index is 0.0120. The van der Waals surface area contributed by atoms with Gasteiger partial charge in [0.15, 0.2) is 58.2 Å². The van der Waals surface area contributed by atoms with Gasteiger partial charge in [-0.1, -0.05) is 0 Å². The van der Waals surface area contributed by atoms with Crippen LogP contribution in [0.2, 0.25) is 0 Å². The zero-order valence-electron chi connectivity index (χ0n) is 20.7. The Morgan fingerprint density at radius 2 is 0.550 bits per heavy atom. The van der Waals surface area contributed by atoms with Gasteiger partial charge in [0.2, 0.25) is 0 Å². The van der Waals surface area contributed by atoms with Crippen LogP contribution in [0.3, 0.4) is 0 Å². The molecule has 0 spiro atoms. The van der Waals surface area contributed by atoms with Gasteiger partial charge < -0.3 is 0 Å². The van der Waals surface area contributed by atoms with Crippen molar-refractivity contribution < 1.29 is 35.1 Å². The van der Waals surface area contributed by atoms with Crippen molar-refractivity contribution in [3.05, 3.63) is 69.8 Å². The van der Waals surface area contributed by atoms with E-state index in [9.17, 15) is 0 Å². The van der Waals surface area contributed by atoms with Crippen LogP contribution >= 0.6 is 0 Å². The van der Waals surface area contributed by atoms with Crippen LogP contribution < -0.4 is 0 Å². The molecule has 0 aliphatic rings. The lowest BCUT2D eigenvalue weighted by Crippen LogP contribution is -2.10. The first-order valence-corrected chi connectivity index (χ1v) is 11.4. The number of aromatic nitrogens is 6. The third kappa shape index (κ3) is 3.27. The van der Waals surface area contributed by atoms with Crippen LogP contribution in [0, 0.1) is 74.2 Å². The second kappa shape index (κ2) is 8.44. The maximum absolute atomic E-state index is 16.0. The Morgan fingerprint density at radius 3 is 0.850 bits per heavy atom. The van der Waals surface area contributed by atoms with Gasteiger partial charge in [-0.2, -0.15) is 0 Å². The third-order valence-electron chi connectivity index (χ3n) is 6.44. The monoisotopic (exact) mass is 560 g/mol. The lowest BCUT2D eigenvalue weighted by Gasteiger charge is -2.20. The fourth-order valence-corrected chi connectivity index (χ4v) is 5.04. The van der Waals surface area contributed by atoms with E-state index in [2.05, 4.69) is 29.9 Å². The predicted molar refractivity (Wildman–Crippen MR) is 126 cm³/mol. The molecule has 0 unspecified atom stereocenters. The van der Waals surface area contributed by atoms with Gasteiger partial charge in [-0.3, -0.25) is 0 Å². The summed E-state index contributed by atoms with van der Waals surface area (Å²) in [7, 11) is 0. The molecule has 202 valence electrons. The second-order valence-electron chi connectivity index (χ2n) is 9.02. The van der Waals surface area contributed by atoms with Gasteiger partial charge in [0.05, 0.1) is 21.9 Å². The van der Waals surface area contributed by atoms with E-state index in [-0.39, 0.29) is 23.3 Å². The minimum Gasteiger partial charge on any atom is -0.219 e. The summed E-state index contributed by atoms with van der Waals surface area (Å²) < 4.78 is 124. The van der Waals surface area contributed by atoms with Crippen LogP contribution in [0.4, 0.5) is 35.1 Å². The molecular formula is C26H12F8N6. The van der Waals surface area contributed by atoms with Gasteiger partial charge in [0.1, 0.15) is 23.3 Å². The molecule has 4 aromatic carbocycles. The van der Waals surface area contributed by atoms with E-state index in [0.717, 1.165) is 0 Å². The molecule has 0 bridgehead atoms. The predicted octanol–water partition coefficient (Wildman–Crippen LogP) is 6.63. The number of benzene rings is 4. The molecule has 0 N–H and O–H groups in total. The van der Waals surface area contributed by atoms with Crippen molar-refractivity contribution in [1.82, 2.24) is 29.9 Å². The van der Waals surface area contributed by atoms with Crippen molar-refractivity contribution in [3.8, 4) is 22.8 Å². The molecule has 2 heterocycles. The fraction of sp³-hybridized carbons (Fsp3) is 0.154. The van der Waals surface area contributed by atoms with Crippen LogP contribution in [-0.4, -0.2) is 29.9 Å². The van der Waals surface area contributed by atoms with Gasteiger partial charge in [-0.05, 0) is 27.7 Å². The molecule has 6 aromatic rings. The van der Waals surface area contributed by atoms with E-state index < -0.39 is 102 Å². The van der Waals surface area contributed by atoms with Crippen molar-refractivity contribution in [2.75, 3.05) is 0 Å². The Hall–Kier alpha value is -4.62. The fourth-order valence-electron chi connectivity index (χ4n) is 5.04.